The number of hydrogen-bond donors (Lipinski definition) is 1. The number of aliphatic carboxylic acids is 1. The first-order valence-corrected chi connectivity index (χ1v) is 28.0. The van der Waals surface area contributed by atoms with Crippen LogP contribution in [0.1, 0.15) is 340 Å². The van der Waals surface area contributed by atoms with Gasteiger partial charge in [0.2, 0.25) is 0 Å². The number of unbranched alkanes of at least 4 members (excludes halogenated alkanes) is 50. The van der Waals surface area contributed by atoms with Crippen LogP contribution in [-0.4, -0.2) is 24.2 Å². The number of carbonyl (C=O) groups is 2. The number of hydrogen-bond acceptors (Lipinski definition) is 3. The normalized spacial score (nSPS) is 11.5. The van der Waals surface area contributed by atoms with Crippen LogP contribution >= 0.6 is 0 Å². The summed E-state index contributed by atoms with van der Waals surface area (Å²) >= 11 is 0. The topological polar surface area (TPSA) is 63.6 Å². The zero-order valence-corrected chi connectivity index (χ0v) is 41.1. The lowest BCUT2D eigenvalue weighted by molar-refractivity contribution is -0.141. The molecule has 0 spiro atoms. The van der Waals surface area contributed by atoms with Crippen LogP contribution in [0.3, 0.4) is 0 Å². The zero-order valence-electron chi connectivity index (χ0n) is 41.1. The van der Waals surface area contributed by atoms with Crippen molar-refractivity contribution >= 4 is 11.9 Å². The molecule has 0 aliphatic carbocycles. The highest BCUT2D eigenvalue weighted by Gasteiger charge is 2.01. The van der Waals surface area contributed by atoms with E-state index >= 15 is 0 Å². The lowest BCUT2D eigenvalue weighted by atomic mass is 10.0. The second-order valence-corrected chi connectivity index (χ2v) is 19.5. The summed E-state index contributed by atoms with van der Waals surface area (Å²) in [7, 11) is 1.48. The summed E-state index contributed by atoms with van der Waals surface area (Å²) in [6.07, 6.45) is 72.6. The Morgan fingerprint density at radius 1 is 0.233 bits per heavy atom. The van der Waals surface area contributed by atoms with Crippen molar-refractivity contribution in [3.63, 3.8) is 0 Å². The van der Waals surface area contributed by atoms with Gasteiger partial charge in [-0.25, -0.2) is 0 Å². The molecule has 1 N–H and O–H groups in total. The molecule has 60 heavy (non-hydrogen) atoms. The van der Waals surface area contributed by atoms with E-state index in [4.69, 9.17) is 9.84 Å². The molecule has 0 aromatic rings. The first kappa shape index (κ1) is 58.9. The van der Waals surface area contributed by atoms with E-state index in [0.717, 1.165) is 19.3 Å². The highest BCUT2D eigenvalue weighted by atomic mass is 16.5. The summed E-state index contributed by atoms with van der Waals surface area (Å²) in [5.74, 6) is -0.709. The van der Waals surface area contributed by atoms with Gasteiger partial charge in [-0.15, -0.1) is 0 Å². The van der Waals surface area contributed by atoms with E-state index in [0.29, 0.717) is 12.8 Å². The van der Waals surface area contributed by atoms with Crippen LogP contribution in [0, 0.1) is 0 Å². The van der Waals surface area contributed by atoms with Crippen molar-refractivity contribution in [1.82, 2.24) is 0 Å². The van der Waals surface area contributed by atoms with Crippen molar-refractivity contribution in [1.29, 1.82) is 0 Å². The summed E-state index contributed by atoms with van der Waals surface area (Å²) in [4.78, 5) is 21.6. The number of rotatable bonds is 54. The molecular formula is C56H110O4. The quantitative estimate of drug-likeness (QED) is 0.0489. The minimum Gasteiger partial charge on any atom is -0.481 e. The first-order chi connectivity index (χ1) is 29.7. The Bertz CT molecular complexity index is 811. The van der Waals surface area contributed by atoms with Crippen LogP contribution in [0.25, 0.3) is 0 Å². The van der Waals surface area contributed by atoms with Gasteiger partial charge in [0.15, 0.2) is 0 Å². The number of carbonyl (C=O) groups excluding carboxylic acids is 1. The van der Waals surface area contributed by atoms with Crippen molar-refractivity contribution in [2.75, 3.05) is 7.11 Å². The first-order valence-electron chi connectivity index (χ1n) is 28.0. The van der Waals surface area contributed by atoms with Gasteiger partial charge in [-0.2, -0.15) is 0 Å². The zero-order chi connectivity index (χ0) is 43.3. The van der Waals surface area contributed by atoms with Gasteiger partial charge in [-0.1, -0.05) is 315 Å². The van der Waals surface area contributed by atoms with Crippen LogP contribution in [0.4, 0.5) is 0 Å². The fraction of sp³-hybridized carbons (Fsp3) is 0.964. The summed E-state index contributed by atoms with van der Waals surface area (Å²) in [6, 6.07) is 0. The molecule has 0 heterocycles. The van der Waals surface area contributed by atoms with Crippen LogP contribution in [0.15, 0.2) is 0 Å². The monoisotopic (exact) mass is 847 g/mol. The Labute approximate surface area is 377 Å². The van der Waals surface area contributed by atoms with Gasteiger partial charge >= 0.3 is 11.9 Å². The smallest absolute Gasteiger partial charge is 0.305 e. The van der Waals surface area contributed by atoms with Gasteiger partial charge in [-0.3, -0.25) is 9.59 Å². The Balaban J connectivity index is 3.07. The Kier molecular flexibility index (Phi) is 53.1. The number of carboxylic acid groups (broad SMARTS) is 1. The van der Waals surface area contributed by atoms with E-state index in [2.05, 4.69) is 0 Å². The third kappa shape index (κ3) is 55.0. The third-order valence-corrected chi connectivity index (χ3v) is 13.5. The van der Waals surface area contributed by atoms with E-state index in [1.807, 2.05) is 0 Å². The van der Waals surface area contributed by atoms with Crippen molar-refractivity contribution in [2.45, 2.75) is 340 Å². The average molecular weight is 847 g/mol. The molecule has 0 aliphatic heterocycles. The van der Waals surface area contributed by atoms with Gasteiger partial charge in [0.1, 0.15) is 0 Å². The Hall–Kier alpha value is -1.06. The molecule has 4 heteroatoms. The Morgan fingerprint density at radius 3 is 0.467 bits per heavy atom. The molecule has 358 valence electrons. The molecular weight excluding hydrogens is 737 g/mol. The van der Waals surface area contributed by atoms with Crippen molar-refractivity contribution < 1.29 is 19.4 Å². The number of ether oxygens (including phenoxy) is 1. The molecule has 4 nitrogen and oxygen atoms in total. The van der Waals surface area contributed by atoms with E-state index in [1.165, 1.54) is 315 Å². The summed E-state index contributed by atoms with van der Waals surface area (Å²) in [6.45, 7) is 0. The van der Waals surface area contributed by atoms with E-state index in [1.54, 1.807) is 0 Å². The average Bonchev–Trinajstić information content (AvgIpc) is 3.25. The van der Waals surface area contributed by atoms with Gasteiger partial charge in [0.25, 0.3) is 0 Å². The second-order valence-electron chi connectivity index (χ2n) is 19.5. The lowest BCUT2D eigenvalue weighted by Gasteiger charge is -2.05. The SMILES string of the molecule is COC(=O)CCCCCCCCCCCCCCCCCCCCCCCCCCCCCCCCCCCCCCCCCCCCCCCCCCCCCC(=O)O. The van der Waals surface area contributed by atoms with Crippen molar-refractivity contribution in [2.24, 2.45) is 0 Å². The maximum Gasteiger partial charge on any atom is 0.305 e. The highest BCUT2D eigenvalue weighted by Crippen LogP contribution is 2.19. The summed E-state index contributed by atoms with van der Waals surface area (Å²) < 4.78 is 4.70. The maximum atomic E-state index is 11.1. The van der Waals surface area contributed by atoms with Gasteiger partial charge < -0.3 is 9.84 Å². The molecule has 0 saturated heterocycles. The second kappa shape index (κ2) is 54.1. The van der Waals surface area contributed by atoms with Crippen LogP contribution in [0.5, 0.6) is 0 Å². The van der Waals surface area contributed by atoms with Gasteiger partial charge in [0.05, 0.1) is 7.11 Å². The highest BCUT2D eigenvalue weighted by molar-refractivity contribution is 5.69. The predicted molar refractivity (Wildman–Crippen MR) is 264 cm³/mol. The molecule has 0 aromatic carbocycles. The fourth-order valence-electron chi connectivity index (χ4n) is 9.31. The molecule has 0 atom stereocenters. The summed E-state index contributed by atoms with van der Waals surface area (Å²) in [5, 5.41) is 8.67. The fourth-order valence-corrected chi connectivity index (χ4v) is 9.31. The molecule has 0 saturated carbocycles. The van der Waals surface area contributed by atoms with Crippen molar-refractivity contribution in [3.05, 3.63) is 0 Å². The molecule has 0 rings (SSSR count). The largest absolute Gasteiger partial charge is 0.481 e. The minimum atomic E-state index is -0.648. The lowest BCUT2D eigenvalue weighted by Crippen LogP contribution is -1.99. The Morgan fingerprint density at radius 2 is 0.350 bits per heavy atom. The number of esters is 1. The number of methoxy groups -OCH3 is 1. The van der Waals surface area contributed by atoms with Gasteiger partial charge in [-0.05, 0) is 12.8 Å². The number of carboxylic acids is 1. The molecule has 0 aromatic heterocycles. The van der Waals surface area contributed by atoms with E-state index < -0.39 is 5.97 Å². The molecule has 0 unspecified atom stereocenters. The molecule has 0 fully saturated rings. The van der Waals surface area contributed by atoms with Crippen LogP contribution in [0.2, 0.25) is 0 Å². The van der Waals surface area contributed by atoms with Gasteiger partial charge in [0, 0.05) is 12.8 Å². The van der Waals surface area contributed by atoms with Crippen molar-refractivity contribution in [3.8, 4) is 0 Å². The van der Waals surface area contributed by atoms with E-state index in [9.17, 15) is 9.59 Å². The predicted octanol–water partition coefficient (Wildman–Crippen LogP) is 19.9. The molecule has 0 radical (unpaired) electrons. The molecule has 0 bridgehead atoms. The van der Waals surface area contributed by atoms with Crippen LogP contribution in [-0.2, 0) is 14.3 Å². The molecule has 0 aliphatic rings. The molecule has 0 amide bonds. The summed E-state index contributed by atoms with van der Waals surface area (Å²) in [5.41, 5.74) is 0. The van der Waals surface area contributed by atoms with Crippen LogP contribution < -0.4 is 0 Å². The standard InChI is InChI=1S/C56H110O4/c1-60-56(59)54-52-50-48-46-44-42-40-38-36-34-32-30-28-26-24-22-20-18-16-14-12-10-8-6-4-2-3-5-7-9-11-13-15-17-19-21-23-25-27-29-31-33-35-37-39-41-43-45-47-49-51-53-55(57)58/h2-54H2,1H3,(H,57,58). The third-order valence-electron chi connectivity index (χ3n) is 13.5. The maximum absolute atomic E-state index is 11.1. The van der Waals surface area contributed by atoms with E-state index in [-0.39, 0.29) is 5.97 Å². The minimum absolute atomic E-state index is 0.0607.